The molecule has 0 atom stereocenters. The Morgan fingerprint density at radius 1 is 1.45 bits per heavy atom. The Balaban J connectivity index is 2.67. The first-order valence-electron chi connectivity index (χ1n) is 3.17. The van der Waals surface area contributed by atoms with Crippen LogP contribution in [-0.4, -0.2) is 15.2 Å². The van der Waals surface area contributed by atoms with Gasteiger partial charge in [0.25, 0.3) is 0 Å². The molecular formula is C6H7N5. The van der Waals surface area contributed by atoms with Gasteiger partial charge in [0.15, 0.2) is 0 Å². The molecule has 0 bridgehead atoms. The first kappa shape index (κ1) is 6.11. The van der Waals surface area contributed by atoms with Crippen LogP contribution in [0, 0.1) is 0 Å². The minimum absolute atomic E-state index is 0.638. The molecule has 4 N–H and O–H groups in total. The molecule has 0 saturated heterocycles. The molecule has 0 aliphatic heterocycles. The first-order chi connectivity index (χ1) is 5.40. The molecule has 0 amide bonds. The van der Waals surface area contributed by atoms with Crippen molar-refractivity contribution in [2.24, 2.45) is 5.84 Å². The number of fused-ring (bicyclic) bond motifs is 1. The lowest BCUT2D eigenvalue weighted by Crippen LogP contribution is -2.07. The highest BCUT2D eigenvalue weighted by molar-refractivity contribution is 5.75. The molecule has 0 aromatic carbocycles. The van der Waals surface area contributed by atoms with Crippen molar-refractivity contribution in [3.63, 3.8) is 0 Å². The van der Waals surface area contributed by atoms with Crippen LogP contribution < -0.4 is 11.3 Å². The normalized spacial score (nSPS) is 10.3. The average molecular weight is 149 g/mol. The van der Waals surface area contributed by atoms with Crippen molar-refractivity contribution in [1.82, 2.24) is 15.2 Å². The van der Waals surface area contributed by atoms with E-state index in [1.165, 1.54) is 0 Å². The van der Waals surface area contributed by atoms with E-state index >= 15 is 0 Å². The number of aromatic amines is 1. The molecule has 0 spiro atoms. The highest BCUT2D eigenvalue weighted by Gasteiger charge is 1.96. The lowest BCUT2D eigenvalue weighted by Gasteiger charge is -1.95. The summed E-state index contributed by atoms with van der Waals surface area (Å²) in [6.45, 7) is 0. The van der Waals surface area contributed by atoms with E-state index in [4.69, 9.17) is 5.84 Å². The third-order valence-electron chi connectivity index (χ3n) is 1.44. The number of hydrogen-bond acceptors (Lipinski definition) is 4. The number of nitrogens with zero attached hydrogens (tertiary/aromatic N) is 2. The third kappa shape index (κ3) is 0.908. The molecule has 0 aliphatic rings. The lowest BCUT2D eigenvalue weighted by molar-refractivity contribution is 1.12. The molecule has 0 fully saturated rings. The third-order valence-corrected chi connectivity index (χ3v) is 1.44. The summed E-state index contributed by atoms with van der Waals surface area (Å²) in [5.41, 5.74) is 4.17. The molecule has 0 radical (unpaired) electrons. The maximum absolute atomic E-state index is 5.17. The molecule has 2 heterocycles. The second-order valence-electron chi connectivity index (χ2n) is 2.14. The molecule has 11 heavy (non-hydrogen) atoms. The van der Waals surface area contributed by atoms with Gasteiger partial charge in [0.1, 0.15) is 11.3 Å². The number of hydrazine groups is 1. The summed E-state index contributed by atoms with van der Waals surface area (Å²) >= 11 is 0. The van der Waals surface area contributed by atoms with Crippen LogP contribution in [0.15, 0.2) is 18.3 Å². The van der Waals surface area contributed by atoms with Crippen LogP contribution in [0.4, 0.5) is 5.82 Å². The van der Waals surface area contributed by atoms with E-state index in [1.807, 2.05) is 6.07 Å². The Kier molecular flexibility index (Phi) is 1.23. The summed E-state index contributed by atoms with van der Waals surface area (Å²) in [5, 5.41) is 6.61. The van der Waals surface area contributed by atoms with E-state index in [0.717, 1.165) is 11.0 Å². The maximum atomic E-state index is 5.17. The highest BCUT2D eigenvalue weighted by Crippen LogP contribution is 2.09. The van der Waals surface area contributed by atoms with Gasteiger partial charge in [-0.1, -0.05) is 0 Å². The van der Waals surface area contributed by atoms with E-state index in [0.29, 0.717) is 5.82 Å². The second-order valence-corrected chi connectivity index (χ2v) is 2.14. The fourth-order valence-electron chi connectivity index (χ4n) is 0.911. The van der Waals surface area contributed by atoms with Gasteiger partial charge in [-0.05, 0) is 12.1 Å². The van der Waals surface area contributed by atoms with Gasteiger partial charge in [0.2, 0.25) is 0 Å². The topological polar surface area (TPSA) is 79.6 Å². The van der Waals surface area contributed by atoms with Crippen molar-refractivity contribution in [3.05, 3.63) is 18.3 Å². The monoisotopic (exact) mass is 149 g/mol. The smallest absolute Gasteiger partial charge is 0.140 e. The number of hydrogen-bond donors (Lipinski definition) is 3. The van der Waals surface area contributed by atoms with Crippen molar-refractivity contribution in [1.29, 1.82) is 0 Å². The van der Waals surface area contributed by atoms with Gasteiger partial charge in [-0.3, -0.25) is 5.10 Å². The van der Waals surface area contributed by atoms with Crippen molar-refractivity contribution in [3.8, 4) is 0 Å². The summed E-state index contributed by atoms with van der Waals surface area (Å²) in [6.07, 6.45) is 1.65. The fourth-order valence-corrected chi connectivity index (χ4v) is 0.911. The van der Waals surface area contributed by atoms with Gasteiger partial charge in [-0.15, -0.1) is 0 Å². The van der Waals surface area contributed by atoms with Crippen molar-refractivity contribution < 1.29 is 0 Å². The molecule has 0 aliphatic carbocycles. The summed E-state index contributed by atoms with van der Waals surface area (Å²) in [5.74, 6) is 5.80. The van der Waals surface area contributed by atoms with Crippen LogP contribution in [0.3, 0.4) is 0 Å². The van der Waals surface area contributed by atoms with E-state index < -0.39 is 0 Å². The quantitative estimate of drug-likeness (QED) is 0.401. The predicted octanol–water partition coefficient (Wildman–Crippen LogP) is 0.243. The highest BCUT2D eigenvalue weighted by atomic mass is 15.3. The summed E-state index contributed by atoms with van der Waals surface area (Å²) in [7, 11) is 0. The minimum Gasteiger partial charge on any atom is -0.308 e. The lowest BCUT2D eigenvalue weighted by atomic mass is 10.4. The SMILES string of the molecule is NNc1ccc2[nH]ncc2n1. The second kappa shape index (κ2) is 2.21. The molecule has 2 aromatic heterocycles. The Hall–Kier alpha value is -1.62. The Morgan fingerprint density at radius 2 is 2.36 bits per heavy atom. The van der Waals surface area contributed by atoms with Crippen molar-refractivity contribution in [2.45, 2.75) is 0 Å². The fraction of sp³-hybridized carbons (Fsp3) is 0. The van der Waals surface area contributed by atoms with Crippen LogP contribution in [0.25, 0.3) is 11.0 Å². The zero-order chi connectivity index (χ0) is 7.68. The van der Waals surface area contributed by atoms with Crippen molar-refractivity contribution >= 4 is 16.9 Å². The number of aromatic nitrogens is 3. The molecule has 2 rings (SSSR count). The van der Waals surface area contributed by atoms with Crippen LogP contribution in [0.1, 0.15) is 0 Å². The molecular weight excluding hydrogens is 142 g/mol. The van der Waals surface area contributed by atoms with Gasteiger partial charge in [0, 0.05) is 0 Å². The number of nitrogen functional groups attached to an aromatic ring is 1. The number of pyridine rings is 1. The zero-order valence-corrected chi connectivity index (χ0v) is 5.70. The zero-order valence-electron chi connectivity index (χ0n) is 5.70. The van der Waals surface area contributed by atoms with Crippen LogP contribution in [0.5, 0.6) is 0 Å². The van der Waals surface area contributed by atoms with Gasteiger partial charge >= 0.3 is 0 Å². The summed E-state index contributed by atoms with van der Waals surface area (Å²) in [4.78, 5) is 4.12. The molecule has 56 valence electrons. The van der Waals surface area contributed by atoms with Crippen molar-refractivity contribution in [2.75, 3.05) is 5.43 Å². The van der Waals surface area contributed by atoms with Crippen LogP contribution in [-0.2, 0) is 0 Å². The molecule has 0 saturated carbocycles. The number of nitrogens with two attached hydrogens (primary N) is 1. The average Bonchev–Trinajstić information content (AvgIpc) is 2.50. The number of nitrogens with one attached hydrogen (secondary N) is 2. The van der Waals surface area contributed by atoms with E-state index in [1.54, 1.807) is 12.3 Å². The largest absolute Gasteiger partial charge is 0.308 e. The summed E-state index contributed by atoms with van der Waals surface area (Å²) in [6, 6.07) is 3.64. The van der Waals surface area contributed by atoms with Gasteiger partial charge in [0.05, 0.1) is 11.7 Å². The van der Waals surface area contributed by atoms with Gasteiger partial charge in [-0.25, -0.2) is 10.8 Å². The Labute approximate surface area is 62.6 Å². The van der Waals surface area contributed by atoms with Gasteiger partial charge in [-0.2, -0.15) is 5.10 Å². The Bertz CT molecular complexity index is 366. The van der Waals surface area contributed by atoms with Crippen LogP contribution in [0.2, 0.25) is 0 Å². The first-order valence-corrected chi connectivity index (χ1v) is 3.17. The Morgan fingerprint density at radius 3 is 3.18 bits per heavy atom. The number of H-pyrrole nitrogens is 1. The predicted molar refractivity (Wildman–Crippen MR) is 41.7 cm³/mol. The number of anilines is 1. The van der Waals surface area contributed by atoms with E-state index in [-0.39, 0.29) is 0 Å². The maximum Gasteiger partial charge on any atom is 0.140 e. The van der Waals surface area contributed by atoms with Gasteiger partial charge < -0.3 is 5.43 Å². The molecule has 5 nitrogen and oxygen atoms in total. The summed E-state index contributed by atoms with van der Waals surface area (Å²) < 4.78 is 0. The molecule has 2 aromatic rings. The van der Waals surface area contributed by atoms with Crippen LogP contribution >= 0.6 is 0 Å². The molecule has 5 heteroatoms. The standard InChI is InChI=1S/C6H7N5/c7-10-6-2-1-4-5(9-6)3-8-11-4/h1-3H,7H2,(H,8,11)(H,9,10). The molecule has 0 unspecified atom stereocenters. The van der Waals surface area contributed by atoms with E-state index in [2.05, 4.69) is 20.6 Å². The van der Waals surface area contributed by atoms with E-state index in [9.17, 15) is 0 Å². The number of rotatable bonds is 1. The minimum atomic E-state index is 0.638.